The largest absolute Gasteiger partial charge is 0.494 e. The highest BCUT2D eigenvalue weighted by molar-refractivity contribution is 5.82. The zero-order valence-electron chi connectivity index (χ0n) is 19.4. The molecule has 35 heavy (non-hydrogen) atoms. The van der Waals surface area contributed by atoms with Gasteiger partial charge in [-0.25, -0.2) is 9.78 Å². The van der Waals surface area contributed by atoms with Crippen LogP contribution in [0.3, 0.4) is 0 Å². The van der Waals surface area contributed by atoms with E-state index in [1.807, 2.05) is 79.0 Å². The van der Waals surface area contributed by atoms with Gasteiger partial charge in [-0.15, -0.1) is 0 Å². The first kappa shape index (κ1) is 22.7. The van der Waals surface area contributed by atoms with Crippen LogP contribution in [-0.4, -0.2) is 35.3 Å². The molecule has 1 unspecified atom stereocenters. The lowest BCUT2D eigenvalue weighted by atomic mass is 10.1. The Morgan fingerprint density at radius 2 is 1.60 bits per heavy atom. The molecule has 5 rings (SSSR count). The van der Waals surface area contributed by atoms with Crippen LogP contribution in [0.2, 0.25) is 0 Å². The van der Waals surface area contributed by atoms with E-state index in [2.05, 4.69) is 17.4 Å². The van der Waals surface area contributed by atoms with Crippen molar-refractivity contribution in [3.8, 4) is 17.0 Å². The van der Waals surface area contributed by atoms with E-state index in [9.17, 15) is 4.79 Å². The summed E-state index contributed by atoms with van der Waals surface area (Å²) >= 11 is 0. The van der Waals surface area contributed by atoms with Gasteiger partial charge < -0.3 is 9.84 Å². The first-order chi connectivity index (χ1) is 17.2. The second kappa shape index (κ2) is 10.5. The lowest BCUT2D eigenvalue weighted by Crippen LogP contribution is -2.44. The van der Waals surface area contributed by atoms with E-state index in [0.29, 0.717) is 25.9 Å². The quantitative estimate of drug-likeness (QED) is 0.287. The molecule has 0 spiro atoms. The molecule has 2 heterocycles. The molecule has 2 N–H and O–H groups in total. The Bertz CT molecular complexity index is 1290. The zero-order chi connectivity index (χ0) is 24.0. The lowest BCUT2D eigenvalue weighted by Gasteiger charge is -2.09. The Morgan fingerprint density at radius 3 is 2.29 bits per heavy atom. The summed E-state index contributed by atoms with van der Waals surface area (Å²) in [7, 11) is 0. The smallest absolute Gasteiger partial charge is 0.359 e. The number of rotatable bonds is 9. The third kappa shape index (κ3) is 5.23. The molecular formula is C29H28N3O3+. The molecule has 6 nitrogen and oxygen atoms in total. The van der Waals surface area contributed by atoms with Gasteiger partial charge in [0.1, 0.15) is 23.3 Å². The van der Waals surface area contributed by atoms with E-state index in [0.717, 1.165) is 39.6 Å². The Morgan fingerprint density at radius 1 is 0.914 bits per heavy atom. The van der Waals surface area contributed by atoms with Crippen molar-refractivity contribution in [3.63, 3.8) is 0 Å². The van der Waals surface area contributed by atoms with Gasteiger partial charge in [0.05, 0.1) is 6.61 Å². The van der Waals surface area contributed by atoms with Crippen molar-refractivity contribution in [3.05, 3.63) is 108 Å². The van der Waals surface area contributed by atoms with Gasteiger partial charge in [0.25, 0.3) is 0 Å². The lowest BCUT2D eigenvalue weighted by molar-refractivity contribution is -0.552. The summed E-state index contributed by atoms with van der Waals surface area (Å²) in [6.45, 7) is 0.568. The zero-order valence-corrected chi connectivity index (χ0v) is 19.4. The maximum atomic E-state index is 13.4. The minimum absolute atomic E-state index is 0.0192. The Labute approximate surface area is 204 Å². The summed E-state index contributed by atoms with van der Waals surface area (Å²) in [6.07, 6.45) is 3.64. The summed E-state index contributed by atoms with van der Waals surface area (Å²) < 4.78 is 7.37. The maximum Gasteiger partial charge on any atom is 0.359 e. The summed E-state index contributed by atoms with van der Waals surface area (Å²) in [5, 5.41) is 12.4. The number of benzene rings is 3. The number of hydrogen-bond donors (Lipinski definition) is 2. The number of ether oxygens (including phenoxy) is 1. The molecule has 0 fully saturated rings. The standard InChI is InChI=1S/C29H27N3O3/c33-16-7-17-35-24-14-12-23(13-15-24)27-20-32-28(25(30-27)18-21-8-3-1-4-9-21)31-26(29(32)34)19-22-10-5-2-6-11-22/h1-6,8-15,20,26,33H,7,16-19H2/p+1. The molecule has 3 aromatic carbocycles. The minimum atomic E-state index is -0.341. The number of aliphatic hydroxyl groups is 1. The average Bonchev–Trinajstić information content (AvgIpc) is 3.21. The number of aromatic nitrogens is 2. The molecule has 1 aromatic heterocycles. The Hall–Kier alpha value is -4.03. The van der Waals surface area contributed by atoms with Gasteiger partial charge in [-0.1, -0.05) is 60.7 Å². The highest BCUT2D eigenvalue weighted by atomic mass is 16.5. The highest BCUT2D eigenvalue weighted by Gasteiger charge is 2.41. The molecule has 0 saturated carbocycles. The van der Waals surface area contributed by atoms with Gasteiger partial charge >= 0.3 is 11.7 Å². The van der Waals surface area contributed by atoms with E-state index >= 15 is 0 Å². The highest BCUT2D eigenvalue weighted by Crippen LogP contribution is 2.26. The van der Waals surface area contributed by atoms with E-state index in [4.69, 9.17) is 14.8 Å². The fourth-order valence-electron chi connectivity index (χ4n) is 4.29. The van der Waals surface area contributed by atoms with Gasteiger partial charge in [0, 0.05) is 31.4 Å². The van der Waals surface area contributed by atoms with E-state index in [1.54, 1.807) is 4.57 Å². The van der Waals surface area contributed by atoms with Crippen LogP contribution in [0.5, 0.6) is 5.75 Å². The van der Waals surface area contributed by atoms with Crippen LogP contribution in [0, 0.1) is 0 Å². The SMILES string of the molecule is O=C1C(Cc2ccccc2)Nc2c(Cc3ccccc3)nc(-c3ccc(OCCCO)cc3)c[n+]21. The third-order valence-corrected chi connectivity index (χ3v) is 6.09. The molecule has 0 saturated heterocycles. The third-order valence-electron chi connectivity index (χ3n) is 6.09. The second-order valence-corrected chi connectivity index (χ2v) is 8.63. The second-order valence-electron chi connectivity index (χ2n) is 8.63. The number of nitrogens with one attached hydrogen (secondary N) is 1. The van der Waals surface area contributed by atoms with E-state index < -0.39 is 0 Å². The number of fused-ring (bicyclic) bond motifs is 1. The number of carbonyl (C=O) groups excluding carboxylic acids is 1. The van der Waals surface area contributed by atoms with Crippen LogP contribution in [0.25, 0.3) is 11.3 Å². The van der Waals surface area contributed by atoms with Crippen LogP contribution >= 0.6 is 0 Å². The van der Waals surface area contributed by atoms with Crippen molar-refractivity contribution in [2.45, 2.75) is 25.3 Å². The summed E-state index contributed by atoms with van der Waals surface area (Å²) in [5.41, 5.74) is 4.72. The number of hydrogen-bond acceptors (Lipinski definition) is 5. The van der Waals surface area contributed by atoms with Crippen molar-refractivity contribution in [2.75, 3.05) is 18.5 Å². The van der Waals surface area contributed by atoms with Crippen LogP contribution < -0.4 is 14.6 Å². The van der Waals surface area contributed by atoms with Crippen molar-refractivity contribution in [2.24, 2.45) is 0 Å². The van der Waals surface area contributed by atoms with Gasteiger partial charge in [-0.3, -0.25) is 5.32 Å². The van der Waals surface area contributed by atoms with Crippen LogP contribution in [-0.2, 0) is 12.8 Å². The molecule has 1 aliphatic heterocycles. The normalized spacial score (nSPS) is 14.4. The topological polar surface area (TPSA) is 75.3 Å². The van der Waals surface area contributed by atoms with Crippen LogP contribution in [0.1, 0.15) is 28.0 Å². The van der Waals surface area contributed by atoms with Gasteiger partial charge in [0.2, 0.25) is 0 Å². The molecule has 6 heteroatoms. The fraction of sp³-hybridized carbons (Fsp3) is 0.207. The van der Waals surface area contributed by atoms with Crippen molar-refractivity contribution in [1.29, 1.82) is 0 Å². The molecule has 1 aliphatic rings. The van der Waals surface area contributed by atoms with Crippen molar-refractivity contribution < 1.29 is 19.2 Å². The van der Waals surface area contributed by atoms with Gasteiger partial charge in [0.15, 0.2) is 6.04 Å². The molecule has 0 bridgehead atoms. The molecule has 0 amide bonds. The number of anilines is 1. The first-order valence-corrected chi connectivity index (χ1v) is 11.9. The average molecular weight is 467 g/mol. The van der Waals surface area contributed by atoms with Crippen LogP contribution in [0.15, 0.2) is 91.1 Å². The molecule has 4 aromatic rings. The number of nitrogens with zero attached hydrogens (tertiary/aromatic N) is 2. The Kier molecular flexibility index (Phi) is 6.82. The maximum absolute atomic E-state index is 13.4. The van der Waals surface area contributed by atoms with Gasteiger partial charge in [-0.05, 0) is 35.4 Å². The van der Waals surface area contributed by atoms with Crippen molar-refractivity contribution >= 4 is 11.7 Å². The fourth-order valence-corrected chi connectivity index (χ4v) is 4.29. The Balaban J connectivity index is 1.47. The summed E-state index contributed by atoms with van der Waals surface area (Å²) in [5.74, 6) is 1.51. The van der Waals surface area contributed by atoms with Gasteiger partial charge in [-0.2, -0.15) is 4.57 Å². The van der Waals surface area contributed by atoms with Crippen LogP contribution in [0.4, 0.5) is 5.82 Å². The number of aliphatic hydroxyl groups excluding tert-OH is 1. The van der Waals surface area contributed by atoms with E-state index in [-0.39, 0.29) is 18.6 Å². The van der Waals surface area contributed by atoms with Crippen molar-refractivity contribution in [1.82, 2.24) is 4.98 Å². The monoisotopic (exact) mass is 466 g/mol. The molecule has 1 atom stereocenters. The molecular weight excluding hydrogens is 438 g/mol. The predicted molar refractivity (Wildman–Crippen MR) is 134 cm³/mol. The molecule has 0 aliphatic carbocycles. The molecule has 176 valence electrons. The first-order valence-electron chi connectivity index (χ1n) is 11.9. The summed E-state index contributed by atoms with van der Waals surface area (Å²) in [6, 6.07) is 27.6. The van der Waals surface area contributed by atoms with E-state index in [1.165, 1.54) is 0 Å². The number of carbonyl (C=O) groups is 1. The summed E-state index contributed by atoms with van der Waals surface area (Å²) in [4.78, 5) is 18.4. The molecule has 0 radical (unpaired) electrons. The predicted octanol–water partition coefficient (Wildman–Crippen LogP) is 4.07. The minimum Gasteiger partial charge on any atom is -0.494 e.